The Balaban J connectivity index is 1.16. The summed E-state index contributed by atoms with van der Waals surface area (Å²) in [5.41, 5.74) is 10.4. The standard InChI is InChI=1S/C35H39ClN8O4/c1-20(2)10-25-31(32(37)46)30(21-4-5-26-27(11-21)48-16-29(45)43(26)15-28-38-12-22(36)13-39-28)24-14-40-44(33(24)41-25)23-6-8-42(9-7-23)34-17-35(18-34,19-34)47-3/h4-5,11-14,20,23H,6-10,15-19H2,1-3H3,(H2,37,46). The van der Waals surface area contributed by atoms with Gasteiger partial charge in [0.1, 0.15) is 11.6 Å². The number of anilines is 1. The van der Waals surface area contributed by atoms with Crippen molar-refractivity contribution in [3.8, 4) is 16.9 Å². The van der Waals surface area contributed by atoms with E-state index < -0.39 is 5.91 Å². The molecule has 9 rings (SSSR count). The second-order valence-corrected chi connectivity index (χ2v) is 14.7. The minimum absolute atomic E-state index is 0.126. The minimum atomic E-state index is -0.543. The first-order valence-electron chi connectivity index (χ1n) is 16.6. The number of carbonyl (C=O) groups is 2. The van der Waals surface area contributed by atoms with Crippen LogP contribution in [0.25, 0.3) is 22.2 Å². The Morgan fingerprint density at radius 3 is 2.54 bits per heavy atom. The summed E-state index contributed by atoms with van der Waals surface area (Å²) in [6.45, 7) is 6.25. The Bertz CT molecular complexity index is 1920. The monoisotopic (exact) mass is 670 g/mol. The quantitative estimate of drug-likeness (QED) is 0.268. The van der Waals surface area contributed by atoms with Crippen molar-refractivity contribution in [3.63, 3.8) is 0 Å². The van der Waals surface area contributed by atoms with E-state index in [2.05, 4.69) is 33.4 Å². The van der Waals surface area contributed by atoms with Crippen LogP contribution < -0.4 is 15.4 Å². The highest BCUT2D eigenvalue weighted by molar-refractivity contribution is 6.30. The lowest BCUT2D eigenvalue weighted by molar-refractivity contribution is -0.282. The summed E-state index contributed by atoms with van der Waals surface area (Å²) < 4.78 is 13.8. The van der Waals surface area contributed by atoms with Gasteiger partial charge in [0.05, 0.1) is 46.4 Å². The van der Waals surface area contributed by atoms with Gasteiger partial charge in [-0.25, -0.2) is 19.6 Å². The fourth-order valence-electron chi connectivity index (χ4n) is 8.35. The van der Waals surface area contributed by atoms with Crippen molar-refractivity contribution in [1.29, 1.82) is 0 Å². The molecule has 4 aromatic rings. The molecule has 250 valence electrons. The molecule has 0 atom stereocenters. The number of likely N-dealkylation sites (tertiary alicyclic amines) is 1. The lowest BCUT2D eigenvalue weighted by Crippen LogP contribution is -2.79. The molecular formula is C35H39ClN8O4. The molecule has 2 bridgehead atoms. The number of halogens is 1. The van der Waals surface area contributed by atoms with E-state index in [1.54, 1.807) is 4.90 Å². The molecule has 0 spiro atoms. The van der Waals surface area contributed by atoms with E-state index in [0.29, 0.717) is 51.1 Å². The van der Waals surface area contributed by atoms with Gasteiger partial charge in [0, 0.05) is 49.1 Å². The number of fused-ring (bicyclic) bond motifs is 2. The zero-order chi connectivity index (χ0) is 33.4. The van der Waals surface area contributed by atoms with Gasteiger partial charge in [0.2, 0.25) is 0 Å². The Labute approximate surface area is 283 Å². The van der Waals surface area contributed by atoms with E-state index in [1.165, 1.54) is 12.4 Å². The van der Waals surface area contributed by atoms with E-state index in [4.69, 9.17) is 36.9 Å². The van der Waals surface area contributed by atoms with E-state index in [0.717, 1.165) is 61.8 Å². The van der Waals surface area contributed by atoms with Crippen LogP contribution in [-0.4, -0.2) is 79.4 Å². The molecule has 5 aliphatic rings. The molecule has 48 heavy (non-hydrogen) atoms. The van der Waals surface area contributed by atoms with Crippen LogP contribution in [0.1, 0.15) is 73.9 Å². The number of ether oxygens (including phenoxy) is 2. The van der Waals surface area contributed by atoms with Gasteiger partial charge in [-0.15, -0.1) is 0 Å². The van der Waals surface area contributed by atoms with Crippen LogP contribution in [-0.2, 0) is 22.5 Å². The Hall–Kier alpha value is -4.13. The highest BCUT2D eigenvalue weighted by atomic mass is 35.5. The molecule has 2 N–H and O–H groups in total. The molecule has 4 fully saturated rings. The fraction of sp³-hybridized carbons (Fsp3) is 0.486. The van der Waals surface area contributed by atoms with Gasteiger partial charge in [-0.2, -0.15) is 5.10 Å². The Kier molecular flexibility index (Phi) is 7.46. The second kappa shape index (κ2) is 11.5. The Morgan fingerprint density at radius 1 is 1.15 bits per heavy atom. The van der Waals surface area contributed by atoms with Crippen LogP contribution in [0.3, 0.4) is 0 Å². The number of pyridine rings is 1. The molecular weight excluding hydrogens is 632 g/mol. The molecule has 2 aliphatic heterocycles. The van der Waals surface area contributed by atoms with Crippen molar-refractivity contribution in [2.45, 2.75) is 76.1 Å². The molecule has 1 saturated heterocycles. The number of methoxy groups -OCH3 is 1. The lowest BCUT2D eigenvalue weighted by atomic mass is 9.45. The number of piperidine rings is 1. The zero-order valence-electron chi connectivity index (χ0n) is 27.4. The molecule has 0 radical (unpaired) electrons. The lowest BCUT2D eigenvalue weighted by Gasteiger charge is -2.73. The molecule has 3 aromatic heterocycles. The smallest absolute Gasteiger partial charge is 0.265 e. The maximum atomic E-state index is 13.2. The maximum absolute atomic E-state index is 13.2. The molecule has 2 amide bonds. The molecule has 0 unspecified atom stereocenters. The van der Waals surface area contributed by atoms with E-state index in [1.807, 2.05) is 31.5 Å². The number of amides is 2. The van der Waals surface area contributed by atoms with E-state index >= 15 is 0 Å². The van der Waals surface area contributed by atoms with Gasteiger partial charge in [-0.1, -0.05) is 31.5 Å². The number of benzene rings is 1. The summed E-state index contributed by atoms with van der Waals surface area (Å²) in [5.74, 6) is 0.452. The number of nitrogens with zero attached hydrogens (tertiary/aromatic N) is 7. The van der Waals surface area contributed by atoms with Crippen molar-refractivity contribution in [2.75, 3.05) is 31.7 Å². The van der Waals surface area contributed by atoms with Gasteiger partial charge < -0.3 is 15.2 Å². The second-order valence-electron chi connectivity index (χ2n) is 14.2. The largest absolute Gasteiger partial charge is 0.482 e. The Morgan fingerprint density at radius 2 is 1.88 bits per heavy atom. The maximum Gasteiger partial charge on any atom is 0.265 e. The summed E-state index contributed by atoms with van der Waals surface area (Å²) in [4.78, 5) is 44.0. The predicted octanol–water partition coefficient (Wildman–Crippen LogP) is 4.72. The molecule has 13 heteroatoms. The van der Waals surface area contributed by atoms with Crippen LogP contribution in [0.15, 0.2) is 36.8 Å². The van der Waals surface area contributed by atoms with Gasteiger partial charge in [-0.05, 0) is 62.1 Å². The first-order chi connectivity index (χ1) is 23.1. The third-order valence-electron chi connectivity index (χ3n) is 10.7. The normalized spacial score (nSPS) is 23.9. The first kappa shape index (κ1) is 31.2. The van der Waals surface area contributed by atoms with Gasteiger partial charge >= 0.3 is 0 Å². The highest BCUT2D eigenvalue weighted by Crippen LogP contribution is 2.65. The molecule has 3 saturated carbocycles. The molecule has 12 nitrogen and oxygen atoms in total. The van der Waals surface area contributed by atoms with Crippen LogP contribution in [0.4, 0.5) is 5.69 Å². The van der Waals surface area contributed by atoms with Crippen LogP contribution >= 0.6 is 11.6 Å². The highest BCUT2D eigenvalue weighted by Gasteiger charge is 2.70. The fourth-order valence-corrected chi connectivity index (χ4v) is 8.45. The average Bonchev–Trinajstić information content (AvgIpc) is 3.45. The van der Waals surface area contributed by atoms with Gasteiger partial charge in [0.15, 0.2) is 12.3 Å². The number of hydrogen-bond acceptors (Lipinski definition) is 9. The number of carbonyl (C=O) groups excluding carboxylic acids is 2. The molecule has 5 heterocycles. The van der Waals surface area contributed by atoms with Crippen molar-refractivity contribution in [2.24, 2.45) is 11.7 Å². The van der Waals surface area contributed by atoms with Crippen LogP contribution in [0, 0.1) is 5.92 Å². The van der Waals surface area contributed by atoms with Crippen molar-refractivity contribution in [3.05, 3.63) is 58.9 Å². The number of primary amides is 1. The SMILES string of the molecule is COC12CC(N3CCC(n4ncc5c(-c6ccc7c(c6)OCC(=O)N7Cc6ncc(Cl)cn6)c(C(N)=O)c(CC(C)C)nc54)CC3)(C1)C2. The van der Waals surface area contributed by atoms with Crippen molar-refractivity contribution in [1.82, 2.24) is 29.6 Å². The number of nitrogens with two attached hydrogens (primary N) is 1. The summed E-state index contributed by atoms with van der Waals surface area (Å²) in [6.07, 6.45) is 10.8. The van der Waals surface area contributed by atoms with Gasteiger partial charge in [0.25, 0.3) is 11.8 Å². The number of hydrogen-bond donors (Lipinski definition) is 1. The first-order valence-corrected chi connectivity index (χ1v) is 17.0. The average molecular weight is 671 g/mol. The number of rotatable bonds is 9. The van der Waals surface area contributed by atoms with Crippen molar-refractivity contribution < 1.29 is 19.1 Å². The van der Waals surface area contributed by atoms with Gasteiger partial charge in [-0.3, -0.25) is 19.4 Å². The van der Waals surface area contributed by atoms with E-state index in [-0.39, 0.29) is 36.6 Å². The number of aromatic nitrogens is 5. The van der Waals surface area contributed by atoms with E-state index in [9.17, 15) is 9.59 Å². The molecule has 1 aromatic carbocycles. The van der Waals surface area contributed by atoms with Crippen LogP contribution in [0.2, 0.25) is 5.02 Å². The minimum Gasteiger partial charge on any atom is -0.482 e. The molecule has 3 aliphatic carbocycles. The zero-order valence-corrected chi connectivity index (χ0v) is 28.2. The summed E-state index contributed by atoms with van der Waals surface area (Å²) in [6, 6.07) is 5.78. The van der Waals surface area contributed by atoms with Crippen molar-refractivity contribution >= 4 is 40.1 Å². The third-order valence-corrected chi connectivity index (χ3v) is 10.9. The summed E-state index contributed by atoms with van der Waals surface area (Å²) in [5, 5.41) is 6.08. The topological polar surface area (TPSA) is 142 Å². The van der Waals surface area contributed by atoms with Crippen LogP contribution in [0.5, 0.6) is 5.75 Å². The third kappa shape index (κ3) is 5.03. The summed E-state index contributed by atoms with van der Waals surface area (Å²) in [7, 11) is 1.84. The predicted molar refractivity (Wildman–Crippen MR) is 180 cm³/mol. The summed E-state index contributed by atoms with van der Waals surface area (Å²) >= 11 is 5.97.